The molecule has 3 nitrogen and oxygen atoms in total. The van der Waals surface area contributed by atoms with E-state index in [0.29, 0.717) is 5.56 Å². The van der Waals surface area contributed by atoms with Gasteiger partial charge in [-0.25, -0.2) is 0 Å². The van der Waals surface area contributed by atoms with Gasteiger partial charge >= 0.3 is 0 Å². The molecule has 3 heteroatoms. The predicted octanol–water partition coefficient (Wildman–Crippen LogP) is 5.40. The fourth-order valence-corrected chi connectivity index (χ4v) is 2.89. The highest BCUT2D eigenvalue weighted by Gasteiger charge is 2.15. The molecule has 0 aliphatic carbocycles. The maximum atomic E-state index is 12.6. The zero-order chi connectivity index (χ0) is 18.2. The van der Waals surface area contributed by atoms with Crippen LogP contribution in [-0.2, 0) is 5.41 Å². The van der Waals surface area contributed by atoms with Gasteiger partial charge in [0.25, 0.3) is 5.91 Å². The maximum Gasteiger partial charge on any atom is 0.255 e. The number of pyridine rings is 1. The molecule has 0 radical (unpaired) electrons. The van der Waals surface area contributed by atoms with Gasteiger partial charge < -0.3 is 5.32 Å². The van der Waals surface area contributed by atoms with E-state index < -0.39 is 0 Å². The second-order valence-electron chi connectivity index (χ2n) is 7.54. The summed E-state index contributed by atoms with van der Waals surface area (Å²) in [6.45, 7) is 10.6. The number of anilines is 1. The Morgan fingerprint density at radius 2 is 1.64 bits per heavy atom. The lowest BCUT2D eigenvalue weighted by Gasteiger charge is -2.19. The van der Waals surface area contributed by atoms with Gasteiger partial charge in [0.2, 0.25) is 0 Å². The quantitative estimate of drug-likeness (QED) is 0.682. The van der Waals surface area contributed by atoms with E-state index in [-0.39, 0.29) is 11.3 Å². The van der Waals surface area contributed by atoms with Gasteiger partial charge in [-0.3, -0.25) is 9.78 Å². The van der Waals surface area contributed by atoms with Gasteiger partial charge in [0.1, 0.15) is 0 Å². The van der Waals surface area contributed by atoms with E-state index >= 15 is 0 Å². The van der Waals surface area contributed by atoms with Crippen LogP contribution in [0.1, 0.15) is 47.8 Å². The molecule has 1 amide bonds. The summed E-state index contributed by atoms with van der Waals surface area (Å²) in [4.78, 5) is 17.1. The molecule has 1 aromatic heterocycles. The Labute approximate surface area is 149 Å². The molecule has 0 fully saturated rings. The number of aryl methyl sites for hydroxylation is 2. The van der Waals surface area contributed by atoms with Crippen LogP contribution in [0, 0.1) is 13.8 Å². The summed E-state index contributed by atoms with van der Waals surface area (Å²) in [6.07, 6.45) is 1.74. The van der Waals surface area contributed by atoms with Crippen LogP contribution in [0.2, 0.25) is 0 Å². The Morgan fingerprint density at radius 3 is 2.28 bits per heavy atom. The predicted molar refractivity (Wildman–Crippen MR) is 104 cm³/mol. The van der Waals surface area contributed by atoms with Crippen LogP contribution in [0.5, 0.6) is 0 Å². The lowest BCUT2D eigenvalue weighted by atomic mass is 9.87. The first-order valence-corrected chi connectivity index (χ1v) is 8.54. The minimum absolute atomic E-state index is 0.0751. The first-order chi connectivity index (χ1) is 11.8. The Kier molecular flexibility index (Phi) is 4.34. The van der Waals surface area contributed by atoms with Gasteiger partial charge in [0, 0.05) is 17.1 Å². The molecule has 1 heterocycles. The van der Waals surface area contributed by atoms with Crippen molar-refractivity contribution >= 4 is 22.5 Å². The highest BCUT2D eigenvalue weighted by Crippen LogP contribution is 2.27. The molecule has 0 unspecified atom stereocenters. The Bertz CT molecular complexity index is 935. The molecule has 0 bridgehead atoms. The van der Waals surface area contributed by atoms with Crippen molar-refractivity contribution in [1.82, 2.24) is 4.98 Å². The third kappa shape index (κ3) is 3.41. The van der Waals surface area contributed by atoms with E-state index in [9.17, 15) is 4.79 Å². The van der Waals surface area contributed by atoms with Crippen molar-refractivity contribution in [3.05, 3.63) is 70.9 Å². The summed E-state index contributed by atoms with van der Waals surface area (Å²) in [5, 5.41) is 3.99. The summed E-state index contributed by atoms with van der Waals surface area (Å²) >= 11 is 0. The fourth-order valence-electron chi connectivity index (χ4n) is 2.89. The smallest absolute Gasteiger partial charge is 0.255 e. The van der Waals surface area contributed by atoms with Gasteiger partial charge in [0.15, 0.2) is 0 Å². The van der Waals surface area contributed by atoms with Crippen LogP contribution in [0.3, 0.4) is 0 Å². The van der Waals surface area contributed by atoms with Crippen molar-refractivity contribution in [2.45, 2.75) is 40.0 Å². The Balaban J connectivity index is 1.91. The van der Waals surface area contributed by atoms with Crippen molar-refractivity contribution in [3.8, 4) is 0 Å². The van der Waals surface area contributed by atoms with Crippen molar-refractivity contribution < 1.29 is 4.79 Å². The molecule has 1 N–H and O–H groups in total. The number of amides is 1. The van der Waals surface area contributed by atoms with E-state index in [4.69, 9.17) is 0 Å². The number of fused-ring (bicyclic) bond motifs is 1. The number of hydrogen-bond acceptors (Lipinski definition) is 2. The molecule has 0 aliphatic rings. The zero-order valence-electron chi connectivity index (χ0n) is 15.5. The van der Waals surface area contributed by atoms with Crippen molar-refractivity contribution in [2.24, 2.45) is 0 Å². The summed E-state index contributed by atoms with van der Waals surface area (Å²) in [5.74, 6) is -0.105. The maximum absolute atomic E-state index is 12.6. The van der Waals surface area contributed by atoms with Gasteiger partial charge in [-0.15, -0.1) is 0 Å². The van der Waals surface area contributed by atoms with Gasteiger partial charge in [-0.2, -0.15) is 0 Å². The zero-order valence-corrected chi connectivity index (χ0v) is 15.5. The first kappa shape index (κ1) is 17.2. The third-order valence-electron chi connectivity index (χ3n) is 4.70. The number of nitrogens with zero attached hydrogens (tertiary/aromatic N) is 1. The van der Waals surface area contributed by atoms with E-state index in [1.807, 2.05) is 36.4 Å². The highest BCUT2D eigenvalue weighted by atomic mass is 16.1. The molecule has 128 valence electrons. The second kappa shape index (κ2) is 6.32. The van der Waals surface area contributed by atoms with Gasteiger partial charge in [0.05, 0.1) is 11.2 Å². The van der Waals surface area contributed by atoms with Crippen LogP contribution in [-0.4, -0.2) is 10.9 Å². The number of nitrogens with one attached hydrogen (secondary N) is 1. The summed E-state index contributed by atoms with van der Waals surface area (Å²) < 4.78 is 0. The van der Waals surface area contributed by atoms with Gasteiger partial charge in [-0.05, 0) is 54.2 Å². The summed E-state index contributed by atoms with van der Waals surface area (Å²) in [6, 6.07) is 13.7. The summed E-state index contributed by atoms with van der Waals surface area (Å²) in [7, 11) is 0. The second-order valence-corrected chi connectivity index (χ2v) is 7.54. The number of hydrogen-bond donors (Lipinski definition) is 1. The van der Waals surface area contributed by atoms with E-state index in [1.54, 1.807) is 6.20 Å². The molecule has 0 saturated heterocycles. The highest BCUT2D eigenvalue weighted by molar-refractivity contribution is 6.09. The number of carbonyl (C=O) groups excluding carboxylic acids is 1. The minimum atomic E-state index is -0.105. The van der Waals surface area contributed by atoms with Crippen LogP contribution in [0.4, 0.5) is 5.69 Å². The molecule has 0 aliphatic heterocycles. The first-order valence-electron chi connectivity index (χ1n) is 8.54. The molecule has 3 aromatic rings. The van der Waals surface area contributed by atoms with Crippen LogP contribution in [0.25, 0.3) is 10.9 Å². The van der Waals surface area contributed by atoms with E-state index in [0.717, 1.165) is 22.2 Å². The molecule has 3 rings (SSSR count). The Morgan fingerprint density at radius 1 is 0.960 bits per heavy atom. The fraction of sp³-hybridized carbons (Fsp3) is 0.273. The molecular formula is C22H24N2O. The SMILES string of the molecule is Cc1ccc2c(NC(=O)c3ccc(C(C)(C)C)cc3)ccnc2c1C. The molecular weight excluding hydrogens is 308 g/mol. The summed E-state index contributed by atoms with van der Waals surface area (Å²) in [5.41, 5.74) is 6.00. The van der Waals surface area contributed by atoms with E-state index in [1.165, 1.54) is 11.1 Å². The molecule has 0 spiro atoms. The average molecular weight is 332 g/mol. The van der Waals surface area contributed by atoms with Gasteiger partial charge in [-0.1, -0.05) is 45.0 Å². The molecule has 25 heavy (non-hydrogen) atoms. The molecule has 0 saturated carbocycles. The standard InChI is InChI=1S/C22H24N2O/c1-14-6-11-18-19(12-13-23-20(18)15(14)2)24-21(25)16-7-9-17(10-8-16)22(3,4)5/h6-13H,1-5H3,(H,23,24,25). The van der Waals surface area contributed by atoms with E-state index in [2.05, 4.69) is 51.0 Å². The number of benzene rings is 2. The number of carbonyl (C=O) groups is 1. The van der Waals surface area contributed by atoms with Crippen LogP contribution < -0.4 is 5.32 Å². The lowest BCUT2D eigenvalue weighted by molar-refractivity contribution is 0.102. The normalized spacial score (nSPS) is 11.6. The molecule has 0 atom stereocenters. The van der Waals surface area contributed by atoms with Crippen molar-refractivity contribution in [2.75, 3.05) is 5.32 Å². The van der Waals surface area contributed by atoms with Crippen molar-refractivity contribution in [1.29, 1.82) is 0 Å². The third-order valence-corrected chi connectivity index (χ3v) is 4.70. The monoisotopic (exact) mass is 332 g/mol. The minimum Gasteiger partial charge on any atom is -0.321 e. The largest absolute Gasteiger partial charge is 0.321 e. The number of aromatic nitrogens is 1. The number of rotatable bonds is 2. The van der Waals surface area contributed by atoms with Crippen molar-refractivity contribution in [3.63, 3.8) is 0 Å². The molecule has 2 aromatic carbocycles. The lowest BCUT2D eigenvalue weighted by Crippen LogP contribution is -2.14. The average Bonchev–Trinajstić information content (AvgIpc) is 2.58. The Hall–Kier alpha value is -2.68. The van der Waals surface area contributed by atoms with Crippen LogP contribution >= 0.6 is 0 Å². The topological polar surface area (TPSA) is 42.0 Å². The van der Waals surface area contributed by atoms with Crippen LogP contribution in [0.15, 0.2) is 48.7 Å².